The lowest BCUT2D eigenvalue weighted by atomic mass is 10.0. The molecule has 1 aromatic heterocycles. The van der Waals surface area contributed by atoms with E-state index in [1.807, 2.05) is 6.07 Å². The summed E-state index contributed by atoms with van der Waals surface area (Å²) in [6, 6.07) is 9.29. The molecular formula is C16H18ClFN2S. The average molecular weight is 325 g/mol. The van der Waals surface area contributed by atoms with Crippen LogP contribution in [0.15, 0.2) is 35.7 Å². The maximum Gasteiger partial charge on any atom is 0.129 e. The molecule has 0 amide bonds. The quantitative estimate of drug-likeness (QED) is 0.862. The number of rotatable bonds is 6. The number of nitrogens with two attached hydrogens (primary N) is 1. The van der Waals surface area contributed by atoms with Crippen LogP contribution in [0.2, 0.25) is 5.02 Å². The van der Waals surface area contributed by atoms with Gasteiger partial charge in [-0.05, 0) is 36.4 Å². The van der Waals surface area contributed by atoms with E-state index in [2.05, 4.69) is 16.3 Å². The van der Waals surface area contributed by atoms with Gasteiger partial charge in [-0.15, -0.1) is 11.3 Å². The van der Waals surface area contributed by atoms with Crippen molar-refractivity contribution in [2.24, 2.45) is 5.73 Å². The first-order valence-corrected chi connectivity index (χ1v) is 8.38. The van der Waals surface area contributed by atoms with Crippen molar-refractivity contribution in [3.63, 3.8) is 0 Å². The minimum absolute atomic E-state index is 0.173. The van der Waals surface area contributed by atoms with E-state index in [0.29, 0.717) is 23.2 Å². The van der Waals surface area contributed by atoms with Gasteiger partial charge in [0.1, 0.15) is 5.82 Å². The third-order valence-corrected chi connectivity index (χ3v) is 5.08. The SMILES string of the molecule is NCC(c1c(F)cccc1Cl)N(Cc1cccs1)C1CC1. The van der Waals surface area contributed by atoms with Crippen LogP contribution in [-0.2, 0) is 6.54 Å². The Morgan fingerprint density at radius 1 is 1.33 bits per heavy atom. The van der Waals surface area contributed by atoms with E-state index < -0.39 is 0 Å². The van der Waals surface area contributed by atoms with E-state index in [9.17, 15) is 4.39 Å². The summed E-state index contributed by atoms with van der Waals surface area (Å²) in [5, 5.41) is 2.52. The second-order valence-electron chi connectivity index (χ2n) is 5.37. The van der Waals surface area contributed by atoms with Crippen molar-refractivity contribution in [1.82, 2.24) is 4.90 Å². The van der Waals surface area contributed by atoms with Crippen LogP contribution in [0, 0.1) is 5.82 Å². The minimum atomic E-state index is -0.269. The van der Waals surface area contributed by atoms with Crippen LogP contribution in [0.4, 0.5) is 4.39 Å². The Kier molecular flexibility index (Phi) is 4.60. The molecule has 2 N–H and O–H groups in total. The average Bonchev–Trinajstić information content (AvgIpc) is 3.18. The minimum Gasteiger partial charge on any atom is -0.329 e. The highest BCUT2D eigenvalue weighted by molar-refractivity contribution is 7.09. The van der Waals surface area contributed by atoms with Gasteiger partial charge in [0.05, 0.1) is 6.04 Å². The van der Waals surface area contributed by atoms with Crippen LogP contribution < -0.4 is 5.73 Å². The van der Waals surface area contributed by atoms with Gasteiger partial charge in [0.15, 0.2) is 0 Å². The lowest BCUT2D eigenvalue weighted by Gasteiger charge is -2.31. The van der Waals surface area contributed by atoms with Crippen LogP contribution in [-0.4, -0.2) is 17.5 Å². The zero-order valence-corrected chi connectivity index (χ0v) is 13.2. The molecule has 0 radical (unpaired) electrons. The lowest BCUT2D eigenvalue weighted by molar-refractivity contribution is 0.180. The molecule has 0 bridgehead atoms. The Balaban J connectivity index is 1.92. The van der Waals surface area contributed by atoms with E-state index >= 15 is 0 Å². The van der Waals surface area contributed by atoms with Crippen molar-refractivity contribution in [2.75, 3.05) is 6.54 Å². The van der Waals surface area contributed by atoms with Crippen molar-refractivity contribution < 1.29 is 4.39 Å². The van der Waals surface area contributed by atoms with Crippen LogP contribution in [0.1, 0.15) is 29.3 Å². The molecule has 112 valence electrons. The molecule has 2 nitrogen and oxygen atoms in total. The molecule has 1 unspecified atom stereocenters. The third kappa shape index (κ3) is 3.29. The molecule has 1 aliphatic rings. The van der Waals surface area contributed by atoms with Crippen molar-refractivity contribution in [2.45, 2.75) is 31.5 Å². The third-order valence-electron chi connectivity index (χ3n) is 3.89. The molecule has 5 heteroatoms. The summed E-state index contributed by atoms with van der Waals surface area (Å²) in [5.74, 6) is -0.269. The molecule has 0 aliphatic heterocycles. The highest BCUT2D eigenvalue weighted by Crippen LogP contribution is 2.38. The monoisotopic (exact) mass is 324 g/mol. The Morgan fingerprint density at radius 3 is 2.71 bits per heavy atom. The van der Waals surface area contributed by atoms with Gasteiger partial charge in [-0.2, -0.15) is 0 Å². The van der Waals surface area contributed by atoms with Crippen LogP contribution in [0.5, 0.6) is 0 Å². The summed E-state index contributed by atoms with van der Waals surface area (Å²) < 4.78 is 14.2. The van der Waals surface area contributed by atoms with E-state index in [1.165, 1.54) is 10.9 Å². The molecule has 3 rings (SSSR count). The maximum absolute atomic E-state index is 14.2. The van der Waals surface area contributed by atoms with Gasteiger partial charge in [0, 0.05) is 34.6 Å². The molecule has 1 fully saturated rings. The molecule has 1 atom stereocenters. The zero-order chi connectivity index (χ0) is 14.8. The van der Waals surface area contributed by atoms with Crippen molar-refractivity contribution in [3.8, 4) is 0 Å². The van der Waals surface area contributed by atoms with Crippen LogP contribution in [0.3, 0.4) is 0 Å². The summed E-state index contributed by atoms with van der Waals surface area (Å²) in [5.41, 5.74) is 6.51. The second kappa shape index (κ2) is 6.44. The molecule has 1 aromatic carbocycles. The van der Waals surface area contributed by atoms with Gasteiger partial charge >= 0.3 is 0 Å². The topological polar surface area (TPSA) is 29.3 Å². The molecule has 1 saturated carbocycles. The first-order valence-electron chi connectivity index (χ1n) is 7.12. The Labute approximate surface area is 133 Å². The van der Waals surface area contributed by atoms with Crippen molar-refractivity contribution in [1.29, 1.82) is 0 Å². The molecule has 1 aliphatic carbocycles. The normalized spacial score (nSPS) is 16.4. The van der Waals surface area contributed by atoms with Gasteiger partial charge in [0.2, 0.25) is 0 Å². The van der Waals surface area contributed by atoms with Crippen LogP contribution >= 0.6 is 22.9 Å². The van der Waals surface area contributed by atoms with Crippen molar-refractivity contribution in [3.05, 3.63) is 57.0 Å². The maximum atomic E-state index is 14.2. The van der Waals surface area contributed by atoms with E-state index in [1.54, 1.807) is 23.5 Å². The number of hydrogen-bond acceptors (Lipinski definition) is 3. The summed E-state index contributed by atoms with van der Waals surface area (Å²) >= 11 is 7.95. The number of benzene rings is 1. The first kappa shape index (κ1) is 15.0. The summed E-state index contributed by atoms with van der Waals surface area (Å²) in [4.78, 5) is 3.57. The van der Waals surface area contributed by atoms with E-state index in [4.69, 9.17) is 17.3 Å². The van der Waals surface area contributed by atoms with Gasteiger partial charge in [-0.25, -0.2) is 4.39 Å². The molecule has 0 spiro atoms. The Bertz CT molecular complexity index is 578. The number of thiophene rings is 1. The second-order valence-corrected chi connectivity index (χ2v) is 6.81. The number of halogens is 2. The highest BCUT2D eigenvalue weighted by Gasteiger charge is 2.36. The number of nitrogens with zero attached hydrogens (tertiary/aromatic N) is 1. The largest absolute Gasteiger partial charge is 0.329 e. The standard InChI is InChI=1S/C16H18ClFN2S/c17-13-4-1-5-14(18)16(13)15(9-19)20(11-6-7-11)10-12-3-2-8-21-12/h1-5,8,11,15H,6-7,9-10,19H2. The lowest BCUT2D eigenvalue weighted by Crippen LogP contribution is -2.35. The molecule has 21 heavy (non-hydrogen) atoms. The fourth-order valence-corrected chi connectivity index (χ4v) is 3.73. The first-order chi connectivity index (χ1) is 10.2. The molecule has 1 heterocycles. The van der Waals surface area contributed by atoms with Gasteiger partial charge in [0.25, 0.3) is 0 Å². The fourth-order valence-electron chi connectivity index (χ4n) is 2.73. The predicted octanol–water partition coefficient (Wildman–Crippen LogP) is 4.21. The van der Waals surface area contributed by atoms with Gasteiger partial charge in [-0.3, -0.25) is 4.90 Å². The highest BCUT2D eigenvalue weighted by atomic mass is 35.5. The van der Waals surface area contributed by atoms with Gasteiger partial charge in [-0.1, -0.05) is 23.7 Å². The van der Waals surface area contributed by atoms with Crippen molar-refractivity contribution >= 4 is 22.9 Å². The van der Waals surface area contributed by atoms with Crippen LogP contribution in [0.25, 0.3) is 0 Å². The fraction of sp³-hybridized carbons (Fsp3) is 0.375. The zero-order valence-electron chi connectivity index (χ0n) is 11.6. The Hall–Kier alpha value is -0.940. The smallest absolute Gasteiger partial charge is 0.129 e. The Morgan fingerprint density at radius 2 is 2.14 bits per heavy atom. The van der Waals surface area contributed by atoms with E-state index in [0.717, 1.165) is 19.4 Å². The van der Waals surface area contributed by atoms with Gasteiger partial charge < -0.3 is 5.73 Å². The molecular weight excluding hydrogens is 307 g/mol. The predicted molar refractivity (Wildman–Crippen MR) is 86.1 cm³/mol. The summed E-state index contributed by atoms with van der Waals surface area (Å²) in [6.07, 6.45) is 2.29. The summed E-state index contributed by atoms with van der Waals surface area (Å²) in [7, 11) is 0. The van der Waals surface area contributed by atoms with E-state index in [-0.39, 0.29) is 11.9 Å². The summed E-state index contributed by atoms with van der Waals surface area (Å²) in [6.45, 7) is 1.16. The molecule has 0 saturated heterocycles. The molecule has 2 aromatic rings. The number of hydrogen-bond donors (Lipinski definition) is 1.